The van der Waals surface area contributed by atoms with Crippen LogP contribution in [0.2, 0.25) is 0 Å². The van der Waals surface area contributed by atoms with Crippen molar-refractivity contribution in [2.45, 2.75) is 21.4 Å². The lowest BCUT2D eigenvalue weighted by Gasteiger charge is -2.04. The minimum absolute atomic E-state index is 0.209. The number of thioether (sulfide) groups is 2. The number of rotatable bonds is 8. The molecule has 4 aromatic rings. The van der Waals surface area contributed by atoms with Crippen LogP contribution in [-0.2, 0) is 10.5 Å². The SMILES string of the molecule is Cc1ccc(C=NNC(=O)CSc2nnc(SCc3cccc4ccccc34)s2)o1. The van der Waals surface area contributed by atoms with Gasteiger partial charge in [-0.3, -0.25) is 4.79 Å². The molecule has 0 saturated heterocycles. The van der Waals surface area contributed by atoms with E-state index in [1.54, 1.807) is 17.8 Å². The number of furan rings is 1. The van der Waals surface area contributed by atoms with Crippen LogP contribution in [0.15, 0.2) is 72.8 Å². The third kappa shape index (κ3) is 5.50. The van der Waals surface area contributed by atoms with Crippen LogP contribution in [0.25, 0.3) is 10.8 Å². The Balaban J connectivity index is 1.26. The standard InChI is InChI=1S/C21H18N4O2S3/c1-14-9-10-17(27-14)11-22-23-19(26)13-29-21-25-24-20(30-21)28-12-16-7-4-6-15-5-2-3-8-18(15)16/h2-11H,12-13H2,1H3,(H,23,26). The van der Waals surface area contributed by atoms with Crippen molar-refractivity contribution in [3.05, 3.63) is 71.7 Å². The molecule has 1 N–H and O–H groups in total. The largest absolute Gasteiger partial charge is 0.460 e. The number of benzene rings is 2. The second-order valence-corrected chi connectivity index (χ2v) is 9.71. The molecule has 0 saturated carbocycles. The van der Waals surface area contributed by atoms with E-state index in [4.69, 9.17) is 4.42 Å². The van der Waals surface area contributed by atoms with Crippen LogP contribution in [0.4, 0.5) is 0 Å². The number of hydrazone groups is 1. The second-order valence-electron chi connectivity index (χ2n) is 6.29. The lowest BCUT2D eigenvalue weighted by molar-refractivity contribution is -0.118. The molecule has 0 fully saturated rings. The van der Waals surface area contributed by atoms with Gasteiger partial charge in [0.05, 0.1) is 12.0 Å². The number of hydrogen-bond donors (Lipinski definition) is 1. The molecule has 6 nitrogen and oxygen atoms in total. The fourth-order valence-corrected chi connectivity index (χ4v) is 5.54. The van der Waals surface area contributed by atoms with Gasteiger partial charge in [0.2, 0.25) is 0 Å². The zero-order chi connectivity index (χ0) is 20.8. The van der Waals surface area contributed by atoms with E-state index >= 15 is 0 Å². The van der Waals surface area contributed by atoms with Crippen molar-refractivity contribution in [1.82, 2.24) is 15.6 Å². The Morgan fingerprint density at radius 3 is 2.73 bits per heavy atom. The Kier molecular flexibility index (Phi) is 6.83. The molecular weight excluding hydrogens is 436 g/mol. The lowest BCUT2D eigenvalue weighted by Crippen LogP contribution is -2.19. The summed E-state index contributed by atoms with van der Waals surface area (Å²) < 4.78 is 7.00. The number of fused-ring (bicyclic) bond motifs is 1. The first-order valence-electron chi connectivity index (χ1n) is 9.11. The van der Waals surface area contributed by atoms with Gasteiger partial charge < -0.3 is 4.42 Å². The topological polar surface area (TPSA) is 80.4 Å². The van der Waals surface area contributed by atoms with Gasteiger partial charge in [-0.1, -0.05) is 77.3 Å². The van der Waals surface area contributed by atoms with Gasteiger partial charge in [-0.05, 0) is 35.4 Å². The Labute approximate surface area is 186 Å². The second kappa shape index (κ2) is 9.92. The van der Waals surface area contributed by atoms with Crippen LogP contribution < -0.4 is 5.43 Å². The summed E-state index contributed by atoms with van der Waals surface area (Å²) in [6, 6.07) is 18.3. The first kappa shape index (κ1) is 20.6. The first-order chi connectivity index (χ1) is 14.7. The van der Waals surface area contributed by atoms with Crippen LogP contribution in [0.5, 0.6) is 0 Å². The van der Waals surface area contributed by atoms with E-state index in [-0.39, 0.29) is 11.7 Å². The van der Waals surface area contributed by atoms with Gasteiger partial charge in [-0.15, -0.1) is 10.2 Å². The minimum Gasteiger partial charge on any atom is -0.460 e. The molecule has 9 heteroatoms. The molecule has 0 atom stereocenters. The highest BCUT2D eigenvalue weighted by Gasteiger charge is 2.09. The Morgan fingerprint density at radius 1 is 1.10 bits per heavy atom. The maximum absolute atomic E-state index is 11.9. The van der Waals surface area contributed by atoms with Gasteiger partial charge in [0.1, 0.15) is 11.5 Å². The third-order valence-corrected chi connectivity index (χ3v) is 7.33. The summed E-state index contributed by atoms with van der Waals surface area (Å²) in [5, 5.41) is 14.8. The molecule has 2 heterocycles. The van der Waals surface area contributed by atoms with E-state index in [2.05, 4.69) is 57.1 Å². The van der Waals surface area contributed by atoms with Crippen molar-refractivity contribution in [2.24, 2.45) is 5.10 Å². The molecule has 0 spiro atoms. The van der Waals surface area contributed by atoms with Gasteiger partial charge in [0.15, 0.2) is 8.68 Å². The summed E-state index contributed by atoms with van der Waals surface area (Å²) in [4.78, 5) is 11.9. The number of amides is 1. The maximum Gasteiger partial charge on any atom is 0.250 e. The predicted octanol–water partition coefficient (Wildman–Crippen LogP) is 5.13. The summed E-state index contributed by atoms with van der Waals surface area (Å²) >= 11 is 4.49. The highest BCUT2D eigenvalue weighted by Crippen LogP contribution is 2.32. The average molecular weight is 455 g/mol. The number of hydrogen-bond acceptors (Lipinski definition) is 8. The van der Waals surface area contributed by atoms with E-state index in [0.29, 0.717) is 5.76 Å². The zero-order valence-electron chi connectivity index (χ0n) is 16.1. The number of nitrogens with one attached hydrogen (secondary N) is 1. The highest BCUT2D eigenvalue weighted by molar-refractivity contribution is 8.03. The summed E-state index contributed by atoms with van der Waals surface area (Å²) in [6.07, 6.45) is 1.47. The van der Waals surface area contributed by atoms with Crippen LogP contribution in [0, 0.1) is 6.92 Å². The highest BCUT2D eigenvalue weighted by atomic mass is 32.2. The van der Waals surface area contributed by atoms with Gasteiger partial charge >= 0.3 is 0 Å². The molecule has 0 aliphatic heterocycles. The molecule has 1 amide bonds. The number of aryl methyl sites for hydroxylation is 1. The first-order valence-corrected chi connectivity index (χ1v) is 11.9. The summed E-state index contributed by atoms with van der Waals surface area (Å²) in [5.41, 5.74) is 3.75. The number of carbonyl (C=O) groups is 1. The van der Waals surface area contributed by atoms with Gasteiger partial charge in [0.25, 0.3) is 5.91 Å². The Bertz CT molecular complexity index is 1180. The zero-order valence-corrected chi connectivity index (χ0v) is 18.5. The smallest absolute Gasteiger partial charge is 0.250 e. The monoisotopic (exact) mass is 454 g/mol. The van der Waals surface area contributed by atoms with E-state index < -0.39 is 0 Å². The fourth-order valence-electron chi connectivity index (χ4n) is 2.72. The molecule has 4 rings (SSSR count). The molecule has 0 unspecified atom stereocenters. The normalized spacial score (nSPS) is 11.4. The van der Waals surface area contributed by atoms with Crippen molar-refractivity contribution in [2.75, 3.05) is 5.75 Å². The van der Waals surface area contributed by atoms with E-state index in [0.717, 1.165) is 20.2 Å². The van der Waals surface area contributed by atoms with E-state index in [9.17, 15) is 4.79 Å². The molecule has 2 aromatic carbocycles. The molecular formula is C21H18N4O2S3. The number of carbonyl (C=O) groups excluding carboxylic acids is 1. The molecule has 0 bridgehead atoms. The predicted molar refractivity (Wildman–Crippen MR) is 123 cm³/mol. The minimum atomic E-state index is -0.209. The van der Waals surface area contributed by atoms with E-state index in [1.807, 2.05) is 19.1 Å². The lowest BCUT2D eigenvalue weighted by atomic mass is 10.1. The summed E-state index contributed by atoms with van der Waals surface area (Å²) in [6.45, 7) is 1.85. The van der Waals surface area contributed by atoms with Crippen molar-refractivity contribution in [1.29, 1.82) is 0 Å². The van der Waals surface area contributed by atoms with Gasteiger partial charge in [-0.25, -0.2) is 5.43 Å². The Morgan fingerprint density at radius 2 is 1.90 bits per heavy atom. The summed E-state index contributed by atoms with van der Waals surface area (Å²) in [5.74, 6) is 2.22. The quantitative estimate of drug-likeness (QED) is 0.226. The van der Waals surface area contributed by atoms with Crippen molar-refractivity contribution in [3.63, 3.8) is 0 Å². The van der Waals surface area contributed by atoms with Crippen molar-refractivity contribution >= 4 is 57.8 Å². The van der Waals surface area contributed by atoms with Crippen molar-refractivity contribution < 1.29 is 9.21 Å². The molecule has 152 valence electrons. The molecule has 2 aromatic heterocycles. The molecule has 0 aliphatic rings. The van der Waals surface area contributed by atoms with Crippen molar-refractivity contribution in [3.8, 4) is 0 Å². The Hall–Kier alpha value is -2.62. The van der Waals surface area contributed by atoms with Crippen LogP contribution in [0.3, 0.4) is 0 Å². The fraction of sp³-hybridized carbons (Fsp3) is 0.143. The number of nitrogens with zero attached hydrogens (tertiary/aromatic N) is 3. The molecule has 0 aliphatic carbocycles. The summed E-state index contributed by atoms with van der Waals surface area (Å²) in [7, 11) is 0. The van der Waals surface area contributed by atoms with Crippen LogP contribution >= 0.6 is 34.9 Å². The van der Waals surface area contributed by atoms with Gasteiger partial charge in [-0.2, -0.15) is 5.10 Å². The van der Waals surface area contributed by atoms with Gasteiger partial charge in [0, 0.05) is 5.75 Å². The van der Waals surface area contributed by atoms with Crippen LogP contribution in [-0.4, -0.2) is 28.1 Å². The third-order valence-electron chi connectivity index (χ3n) is 4.09. The number of aromatic nitrogens is 2. The molecule has 0 radical (unpaired) electrons. The maximum atomic E-state index is 11.9. The average Bonchev–Trinajstić information content (AvgIpc) is 3.39. The van der Waals surface area contributed by atoms with E-state index in [1.165, 1.54) is 45.6 Å². The molecule has 30 heavy (non-hydrogen) atoms. The van der Waals surface area contributed by atoms with Crippen LogP contribution in [0.1, 0.15) is 17.1 Å².